The average Bonchev–Trinajstić information content (AvgIpc) is 2.66. The minimum Gasteiger partial charge on any atom is -0.493 e. The summed E-state index contributed by atoms with van der Waals surface area (Å²) in [6, 6.07) is 7.76. The van der Waals surface area contributed by atoms with Crippen LogP contribution in [0.15, 0.2) is 29.3 Å². The molecule has 1 unspecified atom stereocenters. The van der Waals surface area contributed by atoms with Crippen molar-refractivity contribution in [2.75, 3.05) is 40.3 Å². The molecule has 0 radical (unpaired) electrons. The Balaban J connectivity index is 1.74. The average molecular weight is 384 g/mol. The molecule has 0 bridgehead atoms. The second-order valence-electron chi connectivity index (χ2n) is 6.64. The summed E-state index contributed by atoms with van der Waals surface area (Å²) >= 11 is 0. The number of likely N-dealkylation sites (tertiary alicyclic amines) is 1. The van der Waals surface area contributed by atoms with Crippen LogP contribution in [0.2, 0.25) is 0 Å². The molecule has 1 aromatic carbocycles. The summed E-state index contributed by atoms with van der Waals surface area (Å²) < 4.78 is 36.1. The number of rotatable bonds is 8. The van der Waals surface area contributed by atoms with Gasteiger partial charge in [-0.2, -0.15) is 0 Å². The van der Waals surface area contributed by atoms with Gasteiger partial charge in [0.2, 0.25) is 0 Å². The summed E-state index contributed by atoms with van der Waals surface area (Å²) in [7, 11) is 3.33. The van der Waals surface area contributed by atoms with Crippen LogP contribution in [0.25, 0.3) is 0 Å². The molecule has 1 fully saturated rings. The standard InChI is InChI=1S/C19H30F2N4O2/c1-14(27-17-7-5-4-6-16(17)26-3)12-23-19(22-2)24-15-8-10-25(11-9-15)13-18(20)21/h4-7,14-15,18H,8-13H2,1-3H3,(H2,22,23,24). The molecular weight excluding hydrogens is 354 g/mol. The van der Waals surface area contributed by atoms with Gasteiger partial charge in [-0.15, -0.1) is 0 Å². The SMILES string of the molecule is CN=C(NCC(C)Oc1ccccc1OC)NC1CCN(CC(F)F)CC1. The molecule has 0 aliphatic carbocycles. The van der Waals surface area contributed by atoms with Crippen LogP contribution in [0.3, 0.4) is 0 Å². The van der Waals surface area contributed by atoms with Crippen molar-refractivity contribution >= 4 is 5.96 Å². The van der Waals surface area contributed by atoms with Crippen molar-refractivity contribution < 1.29 is 18.3 Å². The van der Waals surface area contributed by atoms with Crippen LogP contribution in [-0.2, 0) is 0 Å². The van der Waals surface area contributed by atoms with E-state index in [1.807, 2.05) is 36.1 Å². The van der Waals surface area contributed by atoms with Crippen molar-refractivity contribution in [3.05, 3.63) is 24.3 Å². The van der Waals surface area contributed by atoms with Gasteiger partial charge >= 0.3 is 0 Å². The monoisotopic (exact) mass is 384 g/mol. The highest BCUT2D eigenvalue weighted by atomic mass is 19.3. The van der Waals surface area contributed by atoms with Crippen molar-refractivity contribution in [3.8, 4) is 11.5 Å². The Morgan fingerprint density at radius 3 is 2.52 bits per heavy atom. The molecule has 1 heterocycles. The van der Waals surface area contributed by atoms with Gasteiger partial charge in [0.1, 0.15) is 6.10 Å². The molecule has 1 saturated heterocycles. The summed E-state index contributed by atoms with van der Waals surface area (Å²) in [5.41, 5.74) is 0. The van der Waals surface area contributed by atoms with Crippen molar-refractivity contribution in [3.63, 3.8) is 0 Å². The minimum absolute atomic E-state index is 0.0901. The summed E-state index contributed by atoms with van der Waals surface area (Å²) in [6.07, 6.45) is -0.720. The first-order chi connectivity index (χ1) is 13.0. The lowest BCUT2D eigenvalue weighted by Gasteiger charge is -2.32. The lowest BCUT2D eigenvalue weighted by atomic mass is 10.1. The van der Waals surface area contributed by atoms with Crippen LogP contribution in [0.1, 0.15) is 19.8 Å². The number of alkyl halides is 2. The van der Waals surface area contributed by atoms with Crippen molar-refractivity contribution in [1.29, 1.82) is 0 Å². The number of aliphatic imine (C=N–C) groups is 1. The summed E-state index contributed by atoms with van der Waals surface area (Å²) in [4.78, 5) is 6.05. The number of benzene rings is 1. The van der Waals surface area contributed by atoms with E-state index in [0.717, 1.165) is 12.8 Å². The normalized spacial score (nSPS) is 17.6. The van der Waals surface area contributed by atoms with Crippen molar-refractivity contribution in [1.82, 2.24) is 15.5 Å². The number of para-hydroxylation sites is 2. The second-order valence-corrected chi connectivity index (χ2v) is 6.64. The van der Waals surface area contributed by atoms with Crippen LogP contribution in [-0.4, -0.2) is 69.8 Å². The van der Waals surface area contributed by atoms with Crippen LogP contribution >= 0.6 is 0 Å². The first kappa shape index (κ1) is 21.2. The molecule has 2 rings (SSSR count). The van der Waals surface area contributed by atoms with Crippen molar-refractivity contribution in [2.45, 2.75) is 38.3 Å². The largest absolute Gasteiger partial charge is 0.493 e. The van der Waals surface area contributed by atoms with E-state index in [1.54, 1.807) is 14.2 Å². The highest BCUT2D eigenvalue weighted by Gasteiger charge is 2.22. The van der Waals surface area contributed by atoms with Gasteiger partial charge in [0.15, 0.2) is 17.5 Å². The van der Waals surface area contributed by atoms with E-state index in [0.29, 0.717) is 37.1 Å². The van der Waals surface area contributed by atoms with E-state index < -0.39 is 6.43 Å². The van der Waals surface area contributed by atoms with Gasteiger partial charge in [-0.05, 0) is 31.9 Å². The predicted octanol–water partition coefficient (Wildman–Crippen LogP) is 2.36. The zero-order chi connectivity index (χ0) is 19.6. The first-order valence-corrected chi connectivity index (χ1v) is 9.29. The zero-order valence-corrected chi connectivity index (χ0v) is 16.3. The van der Waals surface area contributed by atoms with Crippen LogP contribution in [0.4, 0.5) is 8.78 Å². The number of piperidine rings is 1. The Bertz CT molecular complexity index is 593. The Labute approximate surface area is 159 Å². The van der Waals surface area contributed by atoms with E-state index in [9.17, 15) is 8.78 Å². The molecule has 8 heteroatoms. The molecule has 2 N–H and O–H groups in total. The quantitative estimate of drug-likeness (QED) is 0.532. The van der Waals surface area contributed by atoms with Gasteiger partial charge in [-0.3, -0.25) is 9.89 Å². The van der Waals surface area contributed by atoms with Gasteiger partial charge in [-0.25, -0.2) is 8.78 Å². The van der Waals surface area contributed by atoms with E-state index in [4.69, 9.17) is 9.47 Å². The van der Waals surface area contributed by atoms with Gasteiger partial charge in [0.25, 0.3) is 6.43 Å². The molecule has 1 aromatic rings. The fourth-order valence-corrected chi connectivity index (χ4v) is 3.06. The number of hydrogen-bond donors (Lipinski definition) is 2. The Kier molecular flexibility index (Phi) is 8.57. The molecular formula is C19H30F2N4O2. The molecule has 6 nitrogen and oxygen atoms in total. The molecule has 0 aromatic heterocycles. The molecule has 0 amide bonds. The number of nitrogens with zero attached hydrogens (tertiary/aromatic N) is 2. The Morgan fingerprint density at radius 2 is 1.93 bits per heavy atom. The summed E-state index contributed by atoms with van der Waals surface area (Å²) in [5, 5.41) is 6.62. The van der Waals surface area contributed by atoms with Crippen LogP contribution in [0.5, 0.6) is 11.5 Å². The fourth-order valence-electron chi connectivity index (χ4n) is 3.06. The first-order valence-electron chi connectivity index (χ1n) is 9.29. The van der Waals surface area contributed by atoms with Gasteiger partial charge < -0.3 is 20.1 Å². The van der Waals surface area contributed by atoms with E-state index in [1.165, 1.54) is 0 Å². The summed E-state index contributed by atoms with van der Waals surface area (Å²) in [5.74, 6) is 2.09. The lowest BCUT2D eigenvalue weighted by molar-refractivity contribution is 0.0744. The summed E-state index contributed by atoms with van der Waals surface area (Å²) in [6.45, 7) is 3.74. The smallest absolute Gasteiger partial charge is 0.251 e. The highest BCUT2D eigenvalue weighted by Crippen LogP contribution is 2.26. The zero-order valence-electron chi connectivity index (χ0n) is 16.3. The van der Waals surface area contributed by atoms with Crippen LogP contribution < -0.4 is 20.1 Å². The molecule has 1 aliphatic rings. The van der Waals surface area contributed by atoms with Gasteiger partial charge in [-0.1, -0.05) is 12.1 Å². The number of guanidine groups is 1. The Morgan fingerprint density at radius 1 is 1.26 bits per heavy atom. The van der Waals surface area contributed by atoms with Crippen LogP contribution in [0, 0.1) is 0 Å². The number of methoxy groups -OCH3 is 1. The topological polar surface area (TPSA) is 58.1 Å². The van der Waals surface area contributed by atoms with E-state index in [2.05, 4.69) is 15.6 Å². The van der Waals surface area contributed by atoms with Gasteiger partial charge in [0.05, 0.1) is 20.2 Å². The molecule has 27 heavy (non-hydrogen) atoms. The van der Waals surface area contributed by atoms with Gasteiger partial charge in [0, 0.05) is 26.2 Å². The maximum atomic E-state index is 12.5. The minimum atomic E-state index is -2.27. The lowest BCUT2D eigenvalue weighted by Crippen LogP contribution is -2.50. The van der Waals surface area contributed by atoms with E-state index >= 15 is 0 Å². The maximum Gasteiger partial charge on any atom is 0.251 e. The number of halogens is 2. The molecule has 1 aliphatic heterocycles. The molecule has 152 valence electrons. The second kappa shape index (κ2) is 10.9. The Hall–Kier alpha value is -2.09. The maximum absolute atomic E-state index is 12.5. The third-order valence-corrected chi connectivity index (χ3v) is 4.50. The van der Waals surface area contributed by atoms with Crippen molar-refractivity contribution in [2.24, 2.45) is 4.99 Å². The molecule has 0 spiro atoms. The number of ether oxygens (including phenoxy) is 2. The number of hydrogen-bond acceptors (Lipinski definition) is 4. The fraction of sp³-hybridized carbons (Fsp3) is 0.632. The molecule has 1 atom stereocenters. The number of nitrogens with one attached hydrogen (secondary N) is 2. The predicted molar refractivity (Wildman–Crippen MR) is 103 cm³/mol. The van der Waals surface area contributed by atoms with E-state index in [-0.39, 0.29) is 18.7 Å². The third-order valence-electron chi connectivity index (χ3n) is 4.50. The third kappa shape index (κ3) is 7.21. The molecule has 0 saturated carbocycles. The highest BCUT2D eigenvalue weighted by molar-refractivity contribution is 5.80.